The van der Waals surface area contributed by atoms with E-state index >= 15 is 0 Å². The third-order valence-electron chi connectivity index (χ3n) is 4.30. The van der Waals surface area contributed by atoms with E-state index in [1.54, 1.807) is 25.3 Å². The fourth-order valence-electron chi connectivity index (χ4n) is 2.77. The molecule has 29 heavy (non-hydrogen) atoms. The molecule has 3 heterocycles. The van der Waals surface area contributed by atoms with Crippen molar-refractivity contribution < 1.29 is 13.5 Å². The minimum atomic E-state index is -0.842. The predicted molar refractivity (Wildman–Crippen MR) is 108 cm³/mol. The zero-order chi connectivity index (χ0) is 21.3. The van der Waals surface area contributed by atoms with Crippen molar-refractivity contribution in [2.45, 2.75) is 27.4 Å². The molecule has 0 N–H and O–H groups in total. The van der Waals surface area contributed by atoms with Gasteiger partial charge in [-0.05, 0) is 38.0 Å². The van der Waals surface area contributed by atoms with Crippen LogP contribution in [0.15, 0.2) is 42.0 Å². The van der Waals surface area contributed by atoms with Gasteiger partial charge in [-0.15, -0.1) is 0 Å². The highest BCUT2D eigenvalue weighted by molar-refractivity contribution is 6.31. The first-order valence-corrected chi connectivity index (χ1v) is 9.04. The summed E-state index contributed by atoms with van der Waals surface area (Å²) in [5.74, 6) is -1.54. The summed E-state index contributed by atoms with van der Waals surface area (Å²) in [5.41, 5.74) is 2.80. The number of pyridine rings is 3. The first kappa shape index (κ1) is 20.7. The fourth-order valence-corrected chi connectivity index (χ4v) is 2.96. The summed E-state index contributed by atoms with van der Waals surface area (Å²) >= 11 is 6.24. The molecule has 0 unspecified atom stereocenters. The summed E-state index contributed by atoms with van der Waals surface area (Å²) in [6.45, 7) is 8.95. The summed E-state index contributed by atoms with van der Waals surface area (Å²) in [6, 6.07) is 4.05. The van der Waals surface area contributed by atoms with Gasteiger partial charge in [-0.1, -0.05) is 18.2 Å². The second kappa shape index (κ2) is 8.13. The standard InChI is InChI=1S/C21H18ClF2N3O2/c1-11(2)16-7-18(12(3)8-25-16)27-13(4)5-19(20(22)21(27)28)29-10-17-15(24)6-14(23)9-26-17/h5-9H,1,10H2,2-4H3. The second-order valence-corrected chi connectivity index (χ2v) is 6.99. The molecule has 0 aliphatic carbocycles. The van der Waals surface area contributed by atoms with Gasteiger partial charge in [0.05, 0.1) is 17.6 Å². The van der Waals surface area contributed by atoms with Crippen molar-refractivity contribution in [3.05, 3.63) is 86.8 Å². The Balaban J connectivity index is 2.00. The number of ether oxygens (including phenoxy) is 1. The zero-order valence-electron chi connectivity index (χ0n) is 16.1. The maximum Gasteiger partial charge on any atom is 0.277 e. The molecule has 0 amide bonds. The van der Waals surface area contributed by atoms with Crippen LogP contribution in [0.1, 0.15) is 29.6 Å². The highest BCUT2D eigenvalue weighted by Crippen LogP contribution is 2.26. The van der Waals surface area contributed by atoms with E-state index in [0.717, 1.165) is 17.3 Å². The van der Waals surface area contributed by atoms with Gasteiger partial charge in [0.1, 0.15) is 28.9 Å². The van der Waals surface area contributed by atoms with Crippen LogP contribution in [-0.4, -0.2) is 14.5 Å². The minimum absolute atomic E-state index is 0.0859. The first-order valence-electron chi connectivity index (χ1n) is 8.66. The first-order chi connectivity index (χ1) is 13.7. The van der Waals surface area contributed by atoms with E-state index in [9.17, 15) is 13.6 Å². The van der Waals surface area contributed by atoms with Crippen LogP contribution in [0.4, 0.5) is 8.78 Å². The molecular weight excluding hydrogens is 400 g/mol. The second-order valence-electron chi connectivity index (χ2n) is 6.61. The number of nitrogens with zero attached hydrogens (tertiary/aromatic N) is 3. The molecule has 3 aromatic heterocycles. The van der Waals surface area contributed by atoms with Crippen molar-refractivity contribution in [3.8, 4) is 11.4 Å². The normalized spacial score (nSPS) is 10.8. The SMILES string of the molecule is C=C(C)c1cc(-n2c(C)cc(OCc3ncc(F)cc3F)c(Cl)c2=O)c(C)cn1. The van der Waals surface area contributed by atoms with Crippen LogP contribution >= 0.6 is 11.6 Å². The van der Waals surface area contributed by atoms with Crippen LogP contribution < -0.4 is 10.3 Å². The maximum absolute atomic E-state index is 13.8. The summed E-state index contributed by atoms with van der Waals surface area (Å²) in [5, 5.41) is -0.161. The van der Waals surface area contributed by atoms with Gasteiger partial charge >= 0.3 is 0 Å². The topological polar surface area (TPSA) is 57.0 Å². The Kier molecular flexibility index (Phi) is 5.79. The van der Waals surface area contributed by atoms with Crippen molar-refractivity contribution in [2.24, 2.45) is 0 Å². The maximum atomic E-state index is 13.8. The Morgan fingerprint density at radius 2 is 1.93 bits per heavy atom. The van der Waals surface area contributed by atoms with Gasteiger partial charge in [0.25, 0.3) is 5.56 Å². The van der Waals surface area contributed by atoms with E-state index in [0.29, 0.717) is 23.1 Å². The smallest absolute Gasteiger partial charge is 0.277 e. The molecule has 0 aliphatic rings. The predicted octanol–water partition coefficient (Wildman–Crippen LogP) is 4.79. The lowest BCUT2D eigenvalue weighted by atomic mass is 10.1. The van der Waals surface area contributed by atoms with Crippen molar-refractivity contribution in [1.82, 2.24) is 14.5 Å². The average Bonchev–Trinajstić information content (AvgIpc) is 2.66. The van der Waals surface area contributed by atoms with Crippen LogP contribution in [0, 0.1) is 25.5 Å². The van der Waals surface area contributed by atoms with E-state index in [1.807, 2.05) is 13.8 Å². The van der Waals surface area contributed by atoms with Crippen molar-refractivity contribution >= 4 is 17.2 Å². The quantitative estimate of drug-likeness (QED) is 0.599. The molecule has 0 bridgehead atoms. The van der Waals surface area contributed by atoms with Gasteiger partial charge in [-0.3, -0.25) is 19.3 Å². The van der Waals surface area contributed by atoms with Crippen LogP contribution in [0.25, 0.3) is 11.3 Å². The fraction of sp³-hybridized carbons (Fsp3) is 0.190. The zero-order valence-corrected chi connectivity index (χ0v) is 16.8. The molecule has 8 heteroatoms. The van der Waals surface area contributed by atoms with Crippen LogP contribution in [0.3, 0.4) is 0 Å². The molecule has 5 nitrogen and oxygen atoms in total. The van der Waals surface area contributed by atoms with E-state index in [-0.39, 0.29) is 23.1 Å². The van der Waals surface area contributed by atoms with Crippen molar-refractivity contribution in [1.29, 1.82) is 0 Å². The Hall–Kier alpha value is -3.06. The number of aryl methyl sites for hydroxylation is 2. The van der Waals surface area contributed by atoms with Crippen molar-refractivity contribution in [2.75, 3.05) is 0 Å². The van der Waals surface area contributed by atoms with Gasteiger partial charge in [-0.25, -0.2) is 8.78 Å². The van der Waals surface area contributed by atoms with E-state index in [4.69, 9.17) is 16.3 Å². The Labute approximate surface area is 171 Å². The lowest BCUT2D eigenvalue weighted by Crippen LogP contribution is -2.23. The highest BCUT2D eigenvalue weighted by atomic mass is 35.5. The van der Waals surface area contributed by atoms with Gasteiger partial charge in [-0.2, -0.15) is 0 Å². The number of rotatable bonds is 5. The molecule has 3 rings (SSSR count). The summed E-state index contributed by atoms with van der Waals surface area (Å²) in [6.07, 6.45) is 2.55. The molecule has 0 fully saturated rings. The average molecular weight is 418 g/mol. The molecule has 0 saturated carbocycles. The molecule has 150 valence electrons. The van der Waals surface area contributed by atoms with E-state index in [2.05, 4.69) is 16.5 Å². The van der Waals surface area contributed by atoms with E-state index < -0.39 is 17.2 Å². The number of allylic oxidation sites excluding steroid dienone is 1. The number of hydrogen-bond acceptors (Lipinski definition) is 4. The molecule has 0 aliphatic heterocycles. The highest BCUT2D eigenvalue weighted by Gasteiger charge is 2.17. The van der Waals surface area contributed by atoms with Crippen LogP contribution in [-0.2, 0) is 6.61 Å². The third kappa shape index (κ3) is 4.19. The molecule has 0 atom stereocenters. The number of aromatic nitrogens is 3. The Bertz CT molecular complexity index is 1180. The minimum Gasteiger partial charge on any atom is -0.485 e. The van der Waals surface area contributed by atoms with Crippen LogP contribution in [0.2, 0.25) is 5.02 Å². The Morgan fingerprint density at radius 1 is 1.21 bits per heavy atom. The molecule has 0 spiro atoms. The number of hydrogen-bond donors (Lipinski definition) is 0. The monoisotopic (exact) mass is 417 g/mol. The summed E-state index contributed by atoms with van der Waals surface area (Å²) in [4.78, 5) is 20.9. The summed E-state index contributed by atoms with van der Waals surface area (Å²) < 4.78 is 33.7. The molecular formula is C21H18ClF2N3O2. The number of halogens is 3. The third-order valence-corrected chi connectivity index (χ3v) is 4.65. The molecule has 0 radical (unpaired) electrons. The molecule has 0 saturated heterocycles. The van der Waals surface area contributed by atoms with Crippen LogP contribution in [0.5, 0.6) is 5.75 Å². The van der Waals surface area contributed by atoms with Gasteiger partial charge in [0, 0.05) is 24.0 Å². The molecule has 0 aromatic carbocycles. The molecule has 3 aromatic rings. The van der Waals surface area contributed by atoms with Gasteiger partial charge in [0.2, 0.25) is 0 Å². The van der Waals surface area contributed by atoms with Gasteiger partial charge < -0.3 is 4.74 Å². The Morgan fingerprint density at radius 3 is 2.59 bits per heavy atom. The van der Waals surface area contributed by atoms with E-state index in [1.165, 1.54) is 4.57 Å². The summed E-state index contributed by atoms with van der Waals surface area (Å²) in [7, 11) is 0. The van der Waals surface area contributed by atoms with Gasteiger partial charge in [0.15, 0.2) is 5.82 Å². The van der Waals surface area contributed by atoms with Crippen molar-refractivity contribution in [3.63, 3.8) is 0 Å². The lowest BCUT2D eigenvalue weighted by Gasteiger charge is -2.16. The lowest BCUT2D eigenvalue weighted by molar-refractivity contribution is 0.292. The largest absolute Gasteiger partial charge is 0.485 e.